The quantitative estimate of drug-likeness (QED) is 0.818. The number of carbonyl (C=O) groups is 1. The molecular weight excluding hydrogens is 344 g/mol. The molecule has 0 aliphatic carbocycles. The zero-order valence-electron chi connectivity index (χ0n) is 14.5. The summed E-state index contributed by atoms with van der Waals surface area (Å²) in [6.07, 6.45) is 0.878. The lowest BCUT2D eigenvalue weighted by Crippen LogP contribution is -2.57. The van der Waals surface area contributed by atoms with Crippen LogP contribution in [0.15, 0.2) is 28.8 Å². The predicted octanol–water partition coefficient (Wildman–Crippen LogP) is 1.90. The van der Waals surface area contributed by atoms with Crippen LogP contribution in [0.1, 0.15) is 29.9 Å². The summed E-state index contributed by atoms with van der Waals surface area (Å²) in [4.78, 5) is 14.0. The monoisotopic (exact) mass is 365 g/mol. The minimum atomic E-state index is -1.58. The van der Waals surface area contributed by atoms with Crippen LogP contribution in [0.3, 0.4) is 0 Å². The Morgan fingerprint density at radius 2 is 2.23 bits per heavy atom. The van der Waals surface area contributed by atoms with E-state index in [0.29, 0.717) is 37.4 Å². The van der Waals surface area contributed by atoms with Gasteiger partial charge in [-0.3, -0.25) is 4.79 Å². The topological polar surface area (TPSA) is 78.6 Å². The number of rotatable bonds is 6. The second-order valence-electron chi connectivity index (χ2n) is 6.61. The Hall–Kier alpha value is -2.32. The third kappa shape index (κ3) is 3.91. The van der Waals surface area contributed by atoms with Crippen molar-refractivity contribution >= 4 is 5.91 Å². The van der Waals surface area contributed by atoms with Gasteiger partial charge in [-0.1, -0.05) is 17.3 Å². The molecule has 1 aliphatic heterocycles. The van der Waals surface area contributed by atoms with Gasteiger partial charge < -0.3 is 19.8 Å². The summed E-state index contributed by atoms with van der Waals surface area (Å²) in [6, 6.07) is 5.63. The van der Waals surface area contributed by atoms with Crippen LogP contribution in [0.25, 0.3) is 0 Å². The van der Waals surface area contributed by atoms with Crippen LogP contribution in [0, 0.1) is 18.6 Å². The first-order valence-corrected chi connectivity index (χ1v) is 8.46. The van der Waals surface area contributed by atoms with Crippen LogP contribution in [0.4, 0.5) is 8.78 Å². The van der Waals surface area contributed by atoms with E-state index < -0.39 is 23.1 Å². The van der Waals surface area contributed by atoms with Crippen LogP contribution in [-0.4, -0.2) is 39.8 Å². The third-order valence-electron chi connectivity index (χ3n) is 4.50. The standard InChI is InChI=1S/C18H21F2N3O3/c1-12-8-14(22-26-12)9-21-11-18(25)6-3-7-23(17(18)24)10-13-4-2-5-15(19)16(13)20/h2,4-5,8,21,25H,3,6-7,9-11H2,1H3. The molecule has 0 saturated carbocycles. The maximum absolute atomic E-state index is 13.9. The largest absolute Gasteiger partial charge is 0.379 e. The van der Waals surface area contributed by atoms with E-state index in [2.05, 4.69) is 10.5 Å². The Balaban J connectivity index is 1.63. The van der Waals surface area contributed by atoms with Gasteiger partial charge in [0.2, 0.25) is 0 Å². The number of aromatic nitrogens is 1. The Kier molecular flexibility index (Phi) is 5.33. The fourth-order valence-corrected chi connectivity index (χ4v) is 3.15. The molecular formula is C18H21F2N3O3. The number of piperidine rings is 1. The Morgan fingerprint density at radius 1 is 1.42 bits per heavy atom. The van der Waals surface area contributed by atoms with Gasteiger partial charge >= 0.3 is 0 Å². The first kappa shape index (κ1) is 18.5. The molecule has 1 aromatic carbocycles. The first-order valence-electron chi connectivity index (χ1n) is 8.46. The Morgan fingerprint density at radius 3 is 2.96 bits per heavy atom. The van der Waals surface area contributed by atoms with Crippen LogP contribution >= 0.6 is 0 Å². The molecule has 26 heavy (non-hydrogen) atoms. The van der Waals surface area contributed by atoms with Crippen LogP contribution < -0.4 is 5.32 Å². The molecule has 1 saturated heterocycles. The van der Waals surface area contributed by atoms with E-state index in [4.69, 9.17) is 4.52 Å². The highest BCUT2D eigenvalue weighted by atomic mass is 19.2. The van der Waals surface area contributed by atoms with E-state index in [9.17, 15) is 18.7 Å². The molecule has 0 bridgehead atoms. The van der Waals surface area contributed by atoms with Crippen molar-refractivity contribution in [3.8, 4) is 0 Å². The summed E-state index contributed by atoms with van der Waals surface area (Å²) in [7, 11) is 0. The summed E-state index contributed by atoms with van der Waals surface area (Å²) in [5.41, 5.74) is -0.817. The van der Waals surface area contributed by atoms with Crippen molar-refractivity contribution in [3.05, 3.63) is 52.9 Å². The summed E-state index contributed by atoms with van der Waals surface area (Å²) >= 11 is 0. The highest BCUT2D eigenvalue weighted by molar-refractivity contribution is 5.86. The van der Waals surface area contributed by atoms with Crippen molar-refractivity contribution in [3.63, 3.8) is 0 Å². The molecule has 0 spiro atoms. The summed E-state index contributed by atoms with van der Waals surface area (Å²) in [5, 5.41) is 17.6. The van der Waals surface area contributed by atoms with Crippen molar-refractivity contribution in [2.45, 2.75) is 38.5 Å². The van der Waals surface area contributed by atoms with Crippen molar-refractivity contribution in [2.75, 3.05) is 13.1 Å². The summed E-state index contributed by atoms with van der Waals surface area (Å²) in [5.74, 6) is -1.73. The summed E-state index contributed by atoms with van der Waals surface area (Å²) in [6.45, 7) is 2.48. The van der Waals surface area contributed by atoms with E-state index in [-0.39, 0.29) is 18.7 Å². The molecule has 1 atom stereocenters. The average molecular weight is 365 g/mol. The predicted molar refractivity (Wildman–Crippen MR) is 88.9 cm³/mol. The number of carbonyl (C=O) groups excluding carboxylic acids is 1. The van der Waals surface area contributed by atoms with E-state index in [1.54, 1.807) is 13.0 Å². The normalized spacial score (nSPS) is 20.6. The molecule has 2 aromatic rings. The Bertz CT molecular complexity index is 796. The van der Waals surface area contributed by atoms with E-state index in [1.807, 2.05) is 0 Å². The molecule has 1 aliphatic rings. The molecule has 2 N–H and O–H groups in total. The second-order valence-corrected chi connectivity index (χ2v) is 6.61. The highest BCUT2D eigenvalue weighted by Crippen LogP contribution is 2.25. The fourth-order valence-electron chi connectivity index (χ4n) is 3.15. The molecule has 1 unspecified atom stereocenters. The van der Waals surface area contributed by atoms with Gasteiger partial charge in [-0.15, -0.1) is 0 Å². The number of nitrogens with zero attached hydrogens (tertiary/aromatic N) is 2. The average Bonchev–Trinajstić information content (AvgIpc) is 3.01. The molecule has 1 fully saturated rings. The summed E-state index contributed by atoms with van der Waals surface area (Å²) < 4.78 is 32.2. The molecule has 8 heteroatoms. The first-order chi connectivity index (χ1) is 12.4. The van der Waals surface area contributed by atoms with Crippen molar-refractivity contribution < 1.29 is 23.2 Å². The zero-order valence-corrected chi connectivity index (χ0v) is 14.5. The number of nitrogens with one attached hydrogen (secondary N) is 1. The van der Waals surface area contributed by atoms with E-state index in [1.165, 1.54) is 17.0 Å². The van der Waals surface area contributed by atoms with Crippen LogP contribution in [-0.2, 0) is 17.9 Å². The molecule has 6 nitrogen and oxygen atoms in total. The molecule has 1 aromatic heterocycles. The minimum Gasteiger partial charge on any atom is -0.379 e. The highest BCUT2D eigenvalue weighted by Gasteiger charge is 2.42. The maximum atomic E-state index is 13.9. The molecule has 140 valence electrons. The number of hydrogen-bond acceptors (Lipinski definition) is 5. The SMILES string of the molecule is Cc1cc(CNCC2(O)CCCN(Cc3cccc(F)c3F)C2=O)no1. The van der Waals surface area contributed by atoms with Crippen LogP contribution in [0.5, 0.6) is 0 Å². The molecule has 2 heterocycles. The van der Waals surface area contributed by atoms with Gasteiger partial charge in [0, 0.05) is 37.8 Å². The fraction of sp³-hybridized carbons (Fsp3) is 0.444. The van der Waals surface area contributed by atoms with E-state index in [0.717, 1.165) is 6.07 Å². The van der Waals surface area contributed by atoms with E-state index >= 15 is 0 Å². The van der Waals surface area contributed by atoms with Crippen molar-refractivity contribution in [1.29, 1.82) is 0 Å². The second kappa shape index (κ2) is 7.51. The lowest BCUT2D eigenvalue weighted by Gasteiger charge is -2.38. The minimum absolute atomic E-state index is 0.0415. The number of amides is 1. The lowest BCUT2D eigenvalue weighted by atomic mass is 9.91. The number of halogens is 2. The smallest absolute Gasteiger partial charge is 0.256 e. The number of aliphatic hydroxyl groups is 1. The molecule has 0 radical (unpaired) electrons. The lowest BCUT2D eigenvalue weighted by molar-refractivity contribution is -0.157. The van der Waals surface area contributed by atoms with Gasteiger partial charge in [0.15, 0.2) is 17.2 Å². The molecule has 1 amide bonds. The van der Waals surface area contributed by atoms with Gasteiger partial charge in [-0.2, -0.15) is 0 Å². The van der Waals surface area contributed by atoms with Gasteiger partial charge in [-0.05, 0) is 25.8 Å². The maximum Gasteiger partial charge on any atom is 0.256 e. The number of benzene rings is 1. The van der Waals surface area contributed by atoms with Crippen molar-refractivity contribution in [1.82, 2.24) is 15.4 Å². The number of hydrogen-bond donors (Lipinski definition) is 2. The molecule has 3 rings (SSSR count). The number of aryl methyl sites for hydroxylation is 1. The van der Waals surface area contributed by atoms with Gasteiger partial charge in [0.25, 0.3) is 5.91 Å². The van der Waals surface area contributed by atoms with Crippen molar-refractivity contribution in [2.24, 2.45) is 0 Å². The Labute approximate surface area is 149 Å². The van der Waals surface area contributed by atoms with Gasteiger partial charge in [0.05, 0.1) is 5.69 Å². The van der Waals surface area contributed by atoms with Crippen LogP contribution in [0.2, 0.25) is 0 Å². The zero-order chi connectivity index (χ0) is 18.7. The third-order valence-corrected chi connectivity index (χ3v) is 4.50. The number of likely N-dealkylation sites (tertiary alicyclic amines) is 1. The van der Waals surface area contributed by atoms with Gasteiger partial charge in [-0.25, -0.2) is 8.78 Å². The van der Waals surface area contributed by atoms with Gasteiger partial charge in [0.1, 0.15) is 5.76 Å².